The summed E-state index contributed by atoms with van der Waals surface area (Å²) >= 11 is 0. The van der Waals surface area contributed by atoms with Gasteiger partial charge in [-0.2, -0.15) is 5.10 Å². The van der Waals surface area contributed by atoms with E-state index in [1.54, 1.807) is 6.21 Å². The van der Waals surface area contributed by atoms with Crippen LogP contribution < -0.4 is 5.73 Å². The number of benzene rings is 1. The van der Waals surface area contributed by atoms with Crippen molar-refractivity contribution in [1.29, 1.82) is 0 Å². The third-order valence-electron chi connectivity index (χ3n) is 2.95. The van der Waals surface area contributed by atoms with Crippen molar-refractivity contribution in [3.05, 3.63) is 53.2 Å². The number of esters is 2. The minimum absolute atomic E-state index is 0.000527. The molecule has 0 unspecified atom stereocenters. The molecule has 0 aliphatic rings. The van der Waals surface area contributed by atoms with E-state index in [9.17, 15) is 9.59 Å². The number of methoxy groups -OCH3 is 2. The fraction of sp³-hybridized carbons (Fsp3) is 0.133. The van der Waals surface area contributed by atoms with Crippen LogP contribution in [0.3, 0.4) is 0 Å². The summed E-state index contributed by atoms with van der Waals surface area (Å²) in [7, 11) is 2.41. The van der Waals surface area contributed by atoms with E-state index in [1.807, 2.05) is 30.3 Å². The zero-order valence-corrected chi connectivity index (χ0v) is 12.1. The molecule has 0 radical (unpaired) electrons. The summed E-state index contributed by atoms with van der Waals surface area (Å²) in [5.41, 5.74) is 6.65. The number of carbonyl (C=O) groups is 2. The lowest BCUT2D eigenvalue weighted by Gasteiger charge is -2.01. The summed E-state index contributed by atoms with van der Waals surface area (Å²) in [6, 6.07) is 9.31. The van der Waals surface area contributed by atoms with Gasteiger partial charge >= 0.3 is 11.9 Å². The number of nitrogens with zero attached hydrogens (tertiary/aromatic N) is 2. The van der Waals surface area contributed by atoms with E-state index in [2.05, 4.69) is 14.6 Å². The highest BCUT2D eigenvalue weighted by Gasteiger charge is 2.26. The maximum Gasteiger partial charge on any atom is 0.342 e. The Morgan fingerprint density at radius 2 is 1.77 bits per heavy atom. The highest BCUT2D eigenvalue weighted by atomic mass is 16.5. The Labute approximate surface area is 126 Å². The van der Waals surface area contributed by atoms with Gasteiger partial charge in [-0.05, 0) is 5.56 Å². The molecule has 0 atom stereocenters. The minimum atomic E-state index is -0.730. The molecule has 0 fully saturated rings. The molecule has 2 N–H and O–H groups in total. The van der Waals surface area contributed by atoms with E-state index >= 15 is 0 Å². The number of hydrogen-bond acceptors (Lipinski definition) is 6. The molecule has 0 spiro atoms. The maximum absolute atomic E-state index is 11.8. The van der Waals surface area contributed by atoms with Gasteiger partial charge in [-0.25, -0.2) is 14.3 Å². The first kappa shape index (κ1) is 15.3. The van der Waals surface area contributed by atoms with Gasteiger partial charge in [-0.15, -0.1) is 0 Å². The normalized spacial score (nSPS) is 10.6. The molecular weight excluding hydrogens is 286 g/mol. The van der Waals surface area contributed by atoms with Gasteiger partial charge in [0.25, 0.3) is 0 Å². The van der Waals surface area contributed by atoms with Crippen LogP contribution in [-0.4, -0.2) is 37.0 Å². The predicted octanol–water partition coefficient (Wildman–Crippen LogP) is 1.53. The quantitative estimate of drug-likeness (QED) is 0.682. The van der Waals surface area contributed by atoms with Crippen LogP contribution in [-0.2, 0) is 9.47 Å². The minimum Gasteiger partial charge on any atom is -0.465 e. The van der Waals surface area contributed by atoms with Crippen LogP contribution in [0.15, 0.2) is 41.6 Å². The van der Waals surface area contributed by atoms with Crippen molar-refractivity contribution < 1.29 is 19.1 Å². The van der Waals surface area contributed by atoms with Gasteiger partial charge in [-0.3, -0.25) is 0 Å². The van der Waals surface area contributed by atoms with Crippen molar-refractivity contribution in [2.75, 3.05) is 20.0 Å². The molecule has 7 heteroatoms. The van der Waals surface area contributed by atoms with Crippen LogP contribution in [0.25, 0.3) is 0 Å². The maximum atomic E-state index is 11.8. The molecule has 2 rings (SSSR count). The smallest absolute Gasteiger partial charge is 0.342 e. The second-order valence-electron chi connectivity index (χ2n) is 4.29. The molecular formula is C15H15N3O4. The van der Waals surface area contributed by atoms with Crippen molar-refractivity contribution in [2.24, 2.45) is 5.10 Å². The Morgan fingerprint density at radius 3 is 2.36 bits per heavy atom. The van der Waals surface area contributed by atoms with E-state index in [0.29, 0.717) is 0 Å². The van der Waals surface area contributed by atoms with Crippen molar-refractivity contribution in [2.45, 2.75) is 0 Å². The zero-order valence-electron chi connectivity index (χ0n) is 12.1. The highest BCUT2D eigenvalue weighted by molar-refractivity contribution is 6.06. The largest absolute Gasteiger partial charge is 0.465 e. The van der Waals surface area contributed by atoms with E-state index < -0.39 is 11.9 Å². The molecule has 2 aromatic rings. The average Bonchev–Trinajstić information content (AvgIpc) is 2.89. The summed E-state index contributed by atoms with van der Waals surface area (Å²) in [6.45, 7) is 0. The molecule has 1 aromatic carbocycles. The molecule has 0 aliphatic carbocycles. The monoisotopic (exact) mass is 301 g/mol. The summed E-state index contributed by atoms with van der Waals surface area (Å²) in [5.74, 6) is -1.42. The Kier molecular flexibility index (Phi) is 4.57. The molecule has 0 saturated heterocycles. The Balaban J connectivity index is 2.45. The van der Waals surface area contributed by atoms with Crippen LogP contribution in [0.1, 0.15) is 26.3 Å². The topological polar surface area (TPSA) is 95.9 Å². The standard InChI is InChI=1S/C15H15N3O4/c1-21-14(19)11-9-18(13(16)12(11)15(20)22-2)17-8-10-6-4-3-5-7-10/h3-9H,16H2,1-2H3/b17-8+. The lowest BCUT2D eigenvalue weighted by molar-refractivity contribution is 0.0557. The number of aromatic nitrogens is 1. The molecule has 0 bridgehead atoms. The molecule has 0 aliphatic heterocycles. The van der Waals surface area contributed by atoms with Crippen molar-refractivity contribution >= 4 is 24.0 Å². The molecule has 22 heavy (non-hydrogen) atoms. The second-order valence-corrected chi connectivity index (χ2v) is 4.29. The van der Waals surface area contributed by atoms with Crippen molar-refractivity contribution in [1.82, 2.24) is 4.68 Å². The highest BCUT2D eigenvalue weighted by Crippen LogP contribution is 2.22. The molecule has 1 aromatic heterocycles. The fourth-order valence-electron chi connectivity index (χ4n) is 1.85. The van der Waals surface area contributed by atoms with Crippen LogP contribution >= 0.6 is 0 Å². The fourth-order valence-corrected chi connectivity index (χ4v) is 1.85. The Bertz CT molecular complexity index is 720. The van der Waals surface area contributed by atoms with Crippen LogP contribution in [0, 0.1) is 0 Å². The summed E-state index contributed by atoms with van der Waals surface area (Å²) in [5, 5.41) is 4.14. The summed E-state index contributed by atoms with van der Waals surface area (Å²) < 4.78 is 10.5. The molecule has 0 saturated carbocycles. The van der Waals surface area contributed by atoms with E-state index in [0.717, 1.165) is 5.56 Å². The van der Waals surface area contributed by atoms with Gasteiger partial charge in [-0.1, -0.05) is 30.3 Å². The number of hydrogen-bond donors (Lipinski definition) is 1. The first-order valence-electron chi connectivity index (χ1n) is 6.35. The average molecular weight is 301 g/mol. The summed E-state index contributed by atoms with van der Waals surface area (Å²) in [6.07, 6.45) is 2.88. The number of rotatable bonds is 4. The predicted molar refractivity (Wildman–Crippen MR) is 81.0 cm³/mol. The Morgan fingerprint density at radius 1 is 1.14 bits per heavy atom. The Hall–Kier alpha value is -3.09. The first-order valence-corrected chi connectivity index (χ1v) is 6.35. The van der Waals surface area contributed by atoms with E-state index in [1.165, 1.54) is 25.1 Å². The van der Waals surface area contributed by atoms with Crippen LogP contribution in [0.5, 0.6) is 0 Å². The third kappa shape index (κ3) is 2.98. The van der Waals surface area contributed by atoms with Gasteiger partial charge in [0.05, 0.1) is 26.0 Å². The van der Waals surface area contributed by atoms with Gasteiger partial charge < -0.3 is 15.2 Å². The van der Waals surface area contributed by atoms with Gasteiger partial charge in [0, 0.05) is 6.20 Å². The number of nitrogens with two attached hydrogens (primary N) is 1. The molecule has 7 nitrogen and oxygen atoms in total. The van der Waals surface area contributed by atoms with Gasteiger partial charge in [0.15, 0.2) is 0 Å². The number of anilines is 1. The first-order chi connectivity index (χ1) is 10.6. The van der Waals surface area contributed by atoms with Gasteiger partial charge in [0.2, 0.25) is 0 Å². The van der Waals surface area contributed by atoms with Crippen molar-refractivity contribution in [3.8, 4) is 0 Å². The summed E-state index contributed by atoms with van der Waals surface area (Å²) in [4.78, 5) is 23.5. The van der Waals surface area contributed by atoms with Crippen LogP contribution in [0.2, 0.25) is 0 Å². The lowest BCUT2D eigenvalue weighted by atomic mass is 10.2. The van der Waals surface area contributed by atoms with Crippen molar-refractivity contribution in [3.63, 3.8) is 0 Å². The number of ether oxygens (including phenoxy) is 2. The van der Waals surface area contributed by atoms with E-state index in [4.69, 9.17) is 5.73 Å². The lowest BCUT2D eigenvalue weighted by Crippen LogP contribution is -2.11. The second kappa shape index (κ2) is 6.57. The number of nitrogen functional groups attached to an aromatic ring is 1. The SMILES string of the molecule is COC(=O)c1cn(/N=C/c2ccccc2)c(N)c1C(=O)OC. The molecule has 1 heterocycles. The molecule has 114 valence electrons. The molecule has 0 amide bonds. The zero-order chi connectivity index (χ0) is 16.1. The van der Waals surface area contributed by atoms with Gasteiger partial charge in [0.1, 0.15) is 11.4 Å². The van der Waals surface area contributed by atoms with E-state index in [-0.39, 0.29) is 16.9 Å². The third-order valence-corrected chi connectivity index (χ3v) is 2.95. The number of carbonyl (C=O) groups excluding carboxylic acids is 2. The van der Waals surface area contributed by atoms with Crippen LogP contribution in [0.4, 0.5) is 5.82 Å².